The number of aromatic nitrogens is 2. The van der Waals surface area contributed by atoms with Crippen molar-refractivity contribution in [2.24, 2.45) is 0 Å². The van der Waals surface area contributed by atoms with Crippen LogP contribution in [0.3, 0.4) is 0 Å². The summed E-state index contributed by atoms with van der Waals surface area (Å²) in [6.45, 7) is 3.93. The van der Waals surface area contributed by atoms with Crippen LogP contribution >= 0.6 is 11.6 Å². The molecule has 80 valence electrons. The molecular formula is C11H13ClN2O. The molecule has 1 heterocycles. The monoisotopic (exact) mass is 224 g/mol. The highest BCUT2D eigenvalue weighted by molar-refractivity contribution is 6.31. The smallest absolute Gasteiger partial charge is 0.151 e. The topological polar surface area (TPSA) is 34.9 Å². The fraction of sp³-hybridized carbons (Fsp3) is 0.455. The maximum absolute atomic E-state index is 11.0. The summed E-state index contributed by atoms with van der Waals surface area (Å²) in [6, 6.07) is 0. The highest BCUT2D eigenvalue weighted by atomic mass is 35.5. The molecule has 0 fully saturated rings. The second-order valence-electron chi connectivity index (χ2n) is 3.90. The predicted molar refractivity (Wildman–Crippen MR) is 59.8 cm³/mol. The Morgan fingerprint density at radius 3 is 3.00 bits per heavy atom. The van der Waals surface area contributed by atoms with Gasteiger partial charge >= 0.3 is 0 Å². The van der Waals surface area contributed by atoms with Crippen LogP contribution in [0.1, 0.15) is 30.3 Å². The van der Waals surface area contributed by atoms with Gasteiger partial charge in [0.25, 0.3) is 0 Å². The first kappa shape index (κ1) is 10.4. The molecule has 0 saturated carbocycles. The van der Waals surface area contributed by atoms with Gasteiger partial charge in [-0.05, 0) is 32.8 Å². The van der Waals surface area contributed by atoms with Crippen LogP contribution < -0.4 is 0 Å². The van der Waals surface area contributed by atoms with E-state index in [0.29, 0.717) is 6.54 Å². The zero-order chi connectivity index (χ0) is 11.0. The molecular weight excluding hydrogens is 212 g/mol. The van der Waals surface area contributed by atoms with Crippen molar-refractivity contribution in [1.82, 2.24) is 9.78 Å². The number of allylic oxidation sites excluding steroid dienone is 1. The molecule has 0 N–H and O–H groups in total. The van der Waals surface area contributed by atoms with Crippen molar-refractivity contribution >= 4 is 23.5 Å². The van der Waals surface area contributed by atoms with Gasteiger partial charge in [-0.3, -0.25) is 9.48 Å². The third-order valence-electron chi connectivity index (χ3n) is 2.64. The molecule has 0 aromatic carbocycles. The molecule has 0 bridgehead atoms. The van der Waals surface area contributed by atoms with Crippen LogP contribution in [0.2, 0.25) is 0 Å². The molecule has 0 radical (unpaired) electrons. The van der Waals surface area contributed by atoms with Crippen LogP contribution in [-0.2, 0) is 17.8 Å². The normalized spacial score (nSPS) is 14.7. The number of carbonyl (C=O) groups is 1. The van der Waals surface area contributed by atoms with Crippen LogP contribution in [0.15, 0.2) is 5.03 Å². The molecule has 1 aliphatic carbocycles. The Hall–Kier alpha value is -1.09. The van der Waals surface area contributed by atoms with Crippen LogP contribution in [-0.4, -0.2) is 15.6 Å². The Morgan fingerprint density at radius 2 is 2.33 bits per heavy atom. The van der Waals surface area contributed by atoms with Gasteiger partial charge in [0.15, 0.2) is 5.78 Å². The number of nitrogens with zero attached hydrogens (tertiary/aromatic N) is 2. The van der Waals surface area contributed by atoms with E-state index in [0.717, 1.165) is 29.3 Å². The van der Waals surface area contributed by atoms with E-state index in [1.807, 2.05) is 13.0 Å². The quantitative estimate of drug-likeness (QED) is 0.773. The number of hydrogen-bond donors (Lipinski definition) is 0. The molecule has 1 aliphatic rings. The number of hydrogen-bond acceptors (Lipinski definition) is 2. The van der Waals surface area contributed by atoms with Crippen LogP contribution in [0.25, 0.3) is 6.08 Å². The van der Waals surface area contributed by atoms with Gasteiger partial charge < -0.3 is 0 Å². The van der Waals surface area contributed by atoms with Gasteiger partial charge in [0.2, 0.25) is 0 Å². The van der Waals surface area contributed by atoms with Crippen molar-refractivity contribution in [2.75, 3.05) is 0 Å². The van der Waals surface area contributed by atoms with Gasteiger partial charge in [0, 0.05) is 16.3 Å². The highest BCUT2D eigenvalue weighted by Crippen LogP contribution is 2.27. The molecule has 4 heteroatoms. The molecule has 0 atom stereocenters. The molecule has 0 unspecified atom stereocenters. The zero-order valence-corrected chi connectivity index (χ0v) is 9.64. The lowest BCUT2D eigenvalue weighted by atomic mass is 10.0. The third-order valence-corrected chi connectivity index (χ3v) is 2.94. The van der Waals surface area contributed by atoms with Gasteiger partial charge in [-0.25, -0.2) is 0 Å². The minimum absolute atomic E-state index is 0.119. The minimum Gasteiger partial charge on any atom is -0.298 e. The third kappa shape index (κ3) is 1.97. The van der Waals surface area contributed by atoms with E-state index in [2.05, 4.69) is 5.10 Å². The number of Topliss-reactive ketones (excluding diaryl/α,β-unsaturated/α-hetero) is 1. The molecule has 1 aromatic heterocycles. The van der Waals surface area contributed by atoms with Gasteiger partial charge in [-0.2, -0.15) is 5.10 Å². The van der Waals surface area contributed by atoms with Crippen LogP contribution in [0.4, 0.5) is 0 Å². The lowest BCUT2D eigenvalue weighted by Gasteiger charge is -2.07. The molecule has 0 aliphatic heterocycles. The SMILES string of the molecule is CC(=O)Cn1nc2c(c1C)CCC(Cl)=C2. The number of rotatable bonds is 2. The first-order valence-electron chi connectivity index (χ1n) is 4.99. The summed E-state index contributed by atoms with van der Waals surface area (Å²) >= 11 is 5.96. The summed E-state index contributed by atoms with van der Waals surface area (Å²) in [7, 11) is 0. The minimum atomic E-state index is 0.119. The van der Waals surface area contributed by atoms with Crippen LogP contribution in [0.5, 0.6) is 0 Å². The number of carbonyl (C=O) groups excluding carboxylic acids is 1. The van der Waals surface area contributed by atoms with Gasteiger partial charge in [0.05, 0.1) is 12.2 Å². The molecule has 0 saturated heterocycles. The number of ketones is 1. The molecule has 15 heavy (non-hydrogen) atoms. The second kappa shape index (κ2) is 3.81. The van der Waals surface area contributed by atoms with E-state index in [9.17, 15) is 4.79 Å². The Kier molecular flexibility index (Phi) is 2.65. The molecule has 2 rings (SSSR count). The first-order valence-corrected chi connectivity index (χ1v) is 5.37. The van der Waals surface area contributed by atoms with E-state index in [4.69, 9.17) is 11.6 Å². The first-order chi connectivity index (χ1) is 7.08. The fourth-order valence-corrected chi connectivity index (χ4v) is 2.06. The van der Waals surface area contributed by atoms with Gasteiger partial charge in [0.1, 0.15) is 0 Å². The molecule has 0 amide bonds. The maximum Gasteiger partial charge on any atom is 0.151 e. The standard InChI is InChI=1S/C11H13ClN2O/c1-7(15)6-14-8(2)10-4-3-9(12)5-11(10)13-14/h5H,3-4,6H2,1-2H3. The summed E-state index contributed by atoms with van der Waals surface area (Å²) < 4.78 is 1.76. The van der Waals surface area contributed by atoms with E-state index in [1.54, 1.807) is 11.6 Å². The van der Waals surface area contributed by atoms with E-state index in [-0.39, 0.29) is 5.78 Å². The average Bonchev–Trinajstić information content (AvgIpc) is 2.42. The molecule has 3 nitrogen and oxygen atoms in total. The summed E-state index contributed by atoms with van der Waals surface area (Å²) in [5, 5.41) is 5.22. The Bertz CT molecular complexity index is 446. The Labute approximate surface area is 93.7 Å². The van der Waals surface area contributed by atoms with E-state index < -0.39 is 0 Å². The van der Waals surface area contributed by atoms with E-state index in [1.165, 1.54) is 5.56 Å². The number of fused-ring (bicyclic) bond motifs is 1. The van der Waals surface area contributed by atoms with Crippen molar-refractivity contribution < 1.29 is 4.79 Å². The maximum atomic E-state index is 11.0. The summed E-state index contributed by atoms with van der Waals surface area (Å²) in [6.07, 6.45) is 3.69. The van der Waals surface area contributed by atoms with Crippen molar-refractivity contribution in [3.63, 3.8) is 0 Å². The predicted octanol–water partition coefficient (Wildman–Crippen LogP) is 2.31. The van der Waals surface area contributed by atoms with Crippen molar-refractivity contribution in [3.8, 4) is 0 Å². The van der Waals surface area contributed by atoms with Gasteiger partial charge in [-0.1, -0.05) is 11.6 Å². The molecule has 0 spiro atoms. The summed E-state index contributed by atoms with van der Waals surface area (Å²) in [4.78, 5) is 11.0. The van der Waals surface area contributed by atoms with Crippen molar-refractivity contribution in [1.29, 1.82) is 0 Å². The van der Waals surface area contributed by atoms with E-state index >= 15 is 0 Å². The number of halogens is 1. The lowest BCUT2D eigenvalue weighted by Crippen LogP contribution is -2.09. The average molecular weight is 225 g/mol. The van der Waals surface area contributed by atoms with Crippen LogP contribution in [0, 0.1) is 6.92 Å². The van der Waals surface area contributed by atoms with Crippen molar-refractivity contribution in [3.05, 3.63) is 22.0 Å². The molecule has 1 aromatic rings. The summed E-state index contributed by atoms with van der Waals surface area (Å²) in [5.41, 5.74) is 3.23. The Morgan fingerprint density at radius 1 is 1.60 bits per heavy atom. The van der Waals surface area contributed by atoms with Gasteiger partial charge in [-0.15, -0.1) is 0 Å². The lowest BCUT2D eigenvalue weighted by molar-refractivity contribution is -0.117. The summed E-state index contributed by atoms with van der Waals surface area (Å²) in [5.74, 6) is 0.119. The second-order valence-corrected chi connectivity index (χ2v) is 4.39. The zero-order valence-electron chi connectivity index (χ0n) is 8.88. The highest BCUT2D eigenvalue weighted by Gasteiger charge is 2.17. The fourth-order valence-electron chi connectivity index (χ4n) is 1.86. The van der Waals surface area contributed by atoms with Crippen molar-refractivity contribution in [2.45, 2.75) is 33.2 Å². The Balaban J connectivity index is 2.41. The largest absolute Gasteiger partial charge is 0.298 e.